The number of nitrogens with zero attached hydrogens (tertiary/aromatic N) is 1. The number of rotatable bonds is 4. The van der Waals surface area contributed by atoms with Crippen molar-refractivity contribution in [3.05, 3.63) is 65.3 Å². The molecule has 1 aromatic heterocycles. The number of carbonyl (C=O) groups excluding carboxylic acids is 2. The van der Waals surface area contributed by atoms with E-state index in [2.05, 4.69) is 10.1 Å². The molecule has 1 heterocycles. The molecule has 0 aliphatic carbocycles. The Kier molecular flexibility index (Phi) is 4.53. The van der Waals surface area contributed by atoms with Crippen LogP contribution in [0.15, 0.2) is 54.7 Å². The molecular weight excluding hydrogens is 328 g/mol. The van der Waals surface area contributed by atoms with Gasteiger partial charge in [-0.15, -0.1) is 0 Å². The lowest BCUT2D eigenvalue weighted by Crippen LogP contribution is -2.18. The van der Waals surface area contributed by atoms with Crippen molar-refractivity contribution >= 4 is 40.1 Å². The molecule has 0 aliphatic heterocycles. The lowest BCUT2D eigenvalue weighted by molar-refractivity contribution is -0.116. The summed E-state index contributed by atoms with van der Waals surface area (Å²) in [6.45, 7) is 0.170. The van der Waals surface area contributed by atoms with Crippen LogP contribution in [0, 0.1) is 0 Å². The first kappa shape index (κ1) is 16.1. The van der Waals surface area contributed by atoms with E-state index in [4.69, 9.17) is 11.6 Å². The molecule has 0 aliphatic rings. The Bertz CT molecular complexity index is 918. The number of esters is 1. The van der Waals surface area contributed by atoms with E-state index in [1.165, 1.54) is 13.2 Å². The predicted octanol–water partition coefficient (Wildman–Crippen LogP) is 3.72. The molecule has 0 spiro atoms. The average Bonchev–Trinajstić information content (AvgIpc) is 2.99. The number of benzene rings is 2. The van der Waals surface area contributed by atoms with Crippen molar-refractivity contribution in [2.45, 2.75) is 6.54 Å². The predicted molar refractivity (Wildman–Crippen MR) is 93.4 cm³/mol. The number of fused-ring (bicyclic) bond motifs is 1. The highest BCUT2D eigenvalue weighted by Gasteiger charge is 2.13. The minimum Gasteiger partial charge on any atom is -0.465 e. The number of nitrogens with one attached hydrogen (secondary N) is 1. The number of carbonyl (C=O) groups is 2. The van der Waals surface area contributed by atoms with Crippen molar-refractivity contribution in [1.82, 2.24) is 4.57 Å². The topological polar surface area (TPSA) is 60.3 Å². The summed E-state index contributed by atoms with van der Waals surface area (Å²) in [5.74, 6) is -0.748. The zero-order valence-electron chi connectivity index (χ0n) is 13.0. The van der Waals surface area contributed by atoms with Crippen LogP contribution in [0.25, 0.3) is 10.9 Å². The fourth-order valence-corrected chi connectivity index (χ4v) is 2.70. The van der Waals surface area contributed by atoms with Crippen LogP contribution in [0.3, 0.4) is 0 Å². The zero-order chi connectivity index (χ0) is 17.1. The van der Waals surface area contributed by atoms with Gasteiger partial charge in [0.1, 0.15) is 6.54 Å². The lowest BCUT2D eigenvalue weighted by atomic mass is 10.2. The maximum Gasteiger partial charge on any atom is 0.339 e. The standard InChI is InChI=1S/C18H15ClN2O3/c1-24-18(23)14-10-13(6-7-15(14)19)20-17(22)11-21-9-8-12-4-2-3-5-16(12)21/h2-10H,11H2,1H3,(H,20,22). The summed E-state index contributed by atoms with van der Waals surface area (Å²) in [6.07, 6.45) is 1.87. The van der Waals surface area contributed by atoms with E-state index in [0.717, 1.165) is 10.9 Å². The van der Waals surface area contributed by atoms with Crippen LogP contribution in [0.2, 0.25) is 5.02 Å². The maximum atomic E-state index is 12.3. The third-order valence-corrected chi connectivity index (χ3v) is 3.98. The Labute approximate surface area is 143 Å². The second-order valence-electron chi connectivity index (χ2n) is 5.24. The highest BCUT2D eigenvalue weighted by atomic mass is 35.5. The molecule has 0 saturated carbocycles. The molecule has 0 unspecified atom stereocenters. The van der Waals surface area contributed by atoms with Crippen molar-refractivity contribution in [2.75, 3.05) is 12.4 Å². The Balaban J connectivity index is 1.76. The quantitative estimate of drug-likeness (QED) is 0.735. The number of aromatic nitrogens is 1. The Morgan fingerprint density at radius 1 is 1.17 bits per heavy atom. The van der Waals surface area contributed by atoms with E-state index in [1.54, 1.807) is 12.1 Å². The molecule has 1 N–H and O–H groups in total. The minimum atomic E-state index is -0.549. The molecule has 3 rings (SSSR count). The number of halogens is 1. The van der Waals surface area contributed by atoms with E-state index in [0.29, 0.717) is 5.69 Å². The largest absolute Gasteiger partial charge is 0.465 e. The van der Waals surface area contributed by atoms with Gasteiger partial charge in [0.25, 0.3) is 0 Å². The van der Waals surface area contributed by atoms with Crippen LogP contribution >= 0.6 is 11.6 Å². The van der Waals surface area contributed by atoms with Crippen LogP contribution in [0.1, 0.15) is 10.4 Å². The van der Waals surface area contributed by atoms with E-state index in [-0.39, 0.29) is 23.0 Å². The molecular formula is C18H15ClN2O3. The van der Waals surface area contributed by atoms with Crippen LogP contribution < -0.4 is 5.32 Å². The summed E-state index contributed by atoms with van der Waals surface area (Å²) in [4.78, 5) is 23.9. The van der Waals surface area contributed by atoms with Gasteiger partial charge in [-0.1, -0.05) is 29.8 Å². The Morgan fingerprint density at radius 2 is 1.96 bits per heavy atom. The average molecular weight is 343 g/mol. The maximum absolute atomic E-state index is 12.3. The Hall–Kier alpha value is -2.79. The van der Waals surface area contributed by atoms with Gasteiger partial charge in [-0.05, 0) is 35.7 Å². The van der Waals surface area contributed by atoms with E-state index in [1.807, 2.05) is 41.1 Å². The third-order valence-electron chi connectivity index (χ3n) is 3.65. The molecule has 6 heteroatoms. The number of hydrogen-bond donors (Lipinski definition) is 1. The second-order valence-corrected chi connectivity index (χ2v) is 5.64. The summed E-state index contributed by atoms with van der Waals surface area (Å²) in [5.41, 5.74) is 1.68. The van der Waals surface area contributed by atoms with Gasteiger partial charge in [-0.2, -0.15) is 0 Å². The molecule has 2 aromatic carbocycles. The smallest absolute Gasteiger partial charge is 0.339 e. The minimum absolute atomic E-state index is 0.170. The molecule has 0 bridgehead atoms. The van der Waals surface area contributed by atoms with Gasteiger partial charge >= 0.3 is 5.97 Å². The van der Waals surface area contributed by atoms with Gasteiger partial charge in [0, 0.05) is 17.4 Å². The van der Waals surface area contributed by atoms with Gasteiger partial charge in [0.15, 0.2) is 0 Å². The van der Waals surface area contributed by atoms with Crippen LogP contribution in [0.4, 0.5) is 5.69 Å². The summed E-state index contributed by atoms with van der Waals surface area (Å²) >= 11 is 5.97. The summed E-state index contributed by atoms with van der Waals surface area (Å²) in [5, 5.41) is 4.11. The highest BCUT2D eigenvalue weighted by Crippen LogP contribution is 2.21. The van der Waals surface area contributed by atoms with Gasteiger partial charge in [-0.3, -0.25) is 4.79 Å². The summed E-state index contributed by atoms with van der Waals surface area (Å²) < 4.78 is 6.53. The fraction of sp³-hybridized carbons (Fsp3) is 0.111. The SMILES string of the molecule is COC(=O)c1cc(NC(=O)Cn2ccc3ccccc32)ccc1Cl. The van der Waals surface area contributed by atoms with Gasteiger partial charge in [-0.25, -0.2) is 4.79 Å². The highest BCUT2D eigenvalue weighted by molar-refractivity contribution is 6.33. The van der Waals surface area contributed by atoms with Crippen molar-refractivity contribution in [3.63, 3.8) is 0 Å². The first-order chi connectivity index (χ1) is 11.6. The molecule has 3 aromatic rings. The van der Waals surface area contributed by atoms with Gasteiger partial charge < -0.3 is 14.6 Å². The van der Waals surface area contributed by atoms with E-state index in [9.17, 15) is 9.59 Å². The Morgan fingerprint density at radius 3 is 2.75 bits per heavy atom. The van der Waals surface area contributed by atoms with Crippen LogP contribution in [-0.2, 0) is 16.1 Å². The molecule has 0 atom stereocenters. The van der Waals surface area contributed by atoms with Crippen molar-refractivity contribution in [2.24, 2.45) is 0 Å². The lowest BCUT2D eigenvalue weighted by Gasteiger charge is -2.09. The van der Waals surface area contributed by atoms with Crippen molar-refractivity contribution in [1.29, 1.82) is 0 Å². The number of amides is 1. The van der Waals surface area contributed by atoms with Crippen LogP contribution in [-0.4, -0.2) is 23.6 Å². The molecule has 5 nitrogen and oxygen atoms in total. The van der Waals surface area contributed by atoms with Crippen molar-refractivity contribution < 1.29 is 14.3 Å². The normalized spacial score (nSPS) is 10.6. The fourth-order valence-electron chi connectivity index (χ4n) is 2.50. The summed E-state index contributed by atoms with van der Waals surface area (Å²) in [7, 11) is 1.28. The molecule has 0 radical (unpaired) electrons. The first-order valence-corrected chi connectivity index (χ1v) is 7.68. The third kappa shape index (κ3) is 3.26. The van der Waals surface area contributed by atoms with E-state index >= 15 is 0 Å². The van der Waals surface area contributed by atoms with Gasteiger partial charge in [0.2, 0.25) is 5.91 Å². The number of methoxy groups -OCH3 is 1. The monoisotopic (exact) mass is 342 g/mol. The molecule has 1 amide bonds. The molecule has 0 fully saturated rings. The second kappa shape index (κ2) is 6.76. The molecule has 24 heavy (non-hydrogen) atoms. The molecule has 0 saturated heterocycles. The summed E-state index contributed by atoms with van der Waals surface area (Å²) in [6, 6.07) is 14.5. The number of anilines is 1. The zero-order valence-corrected chi connectivity index (χ0v) is 13.7. The van der Waals surface area contributed by atoms with Crippen LogP contribution in [0.5, 0.6) is 0 Å². The van der Waals surface area contributed by atoms with Gasteiger partial charge in [0.05, 0.1) is 17.7 Å². The van der Waals surface area contributed by atoms with Crippen molar-refractivity contribution in [3.8, 4) is 0 Å². The van der Waals surface area contributed by atoms with E-state index < -0.39 is 5.97 Å². The molecule has 122 valence electrons. The number of hydrogen-bond acceptors (Lipinski definition) is 3. The number of ether oxygens (including phenoxy) is 1. The first-order valence-electron chi connectivity index (χ1n) is 7.30. The number of para-hydroxylation sites is 1.